The molecule has 3 aromatic heterocycles. The van der Waals surface area contributed by atoms with Crippen LogP contribution in [0.4, 0.5) is 17.1 Å². The molecule has 3 heterocycles. The molecule has 0 aliphatic rings. The van der Waals surface area contributed by atoms with Gasteiger partial charge in [0.05, 0.1) is 5.69 Å². The Morgan fingerprint density at radius 2 is 0.904 bits per heavy atom. The number of nitrogens with zero attached hydrogens (tertiary/aromatic N) is 1. The van der Waals surface area contributed by atoms with Crippen molar-refractivity contribution in [1.82, 2.24) is 0 Å². The van der Waals surface area contributed by atoms with Gasteiger partial charge in [-0.1, -0.05) is 121 Å². The van der Waals surface area contributed by atoms with Crippen LogP contribution in [0.15, 0.2) is 180 Å². The number of rotatable bonds is 5. The molecule has 2 nitrogen and oxygen atoms in total. The van der Waals surface area contributed by atoms with Crippen LogP contribution in [-0.2, 0) is 0 Å². The molecule has 0 aliphatic heterocycles. The lowest BCUT2D eigenvalue weighted by molar-refractivity contribution is 0.670. The summed E-state index contributed by atoms with van der Waals surface area (Å²) in [5.41, 5.74) is 9.75. The number of para-hydroxylation sites is 4. The van der Waals surface area contributed by atoms with Gasteiger partial charge in [-0.2, -0.15) is 0 Å². The van der Waals surface area contributed by atoms with Crippen molar-refractivity contribution in [3.05, 3.63) is 176 Å². The van der Waals surface area contributed by atoms with Crippen LogP contribution >= 0.6 is 22.7 Å². The van der Waals surface area contributed by atoms with Crippen LogP contribution in [0.2, 0.25) is 0 Å². The predicted octanol–water partition coefficient (Wildman–Crippen LogP) is 15.1. The van der Waals surface area contributed by atoms with Crippen LogP contribution in [-0.4, -0.2) is 0 Å². The van der Waals surface area contributed by atoms with E-state index in [9.17, 15) is 0 Å². The van der Waals surface area contributed by atoms with E-state index in [2.05, 4.69) is 181 Å². The van der Waals surface area contributed by atoms with E-state index in [0.717, 1.165) is 44.6 Å². The highest BCUT2D eigenvalue weighted by Crippen LogP contribution is 2.47. The molecule has 0 saturated heterocycles. The Bertz CT molecular complexity index is 3090. The Kier molecular flexibility index (Phi) is 6.63. The van der Waals surface area contributed by atoms with Gasteiger partial charge in [0.1, 0.15) is 5.58 Å². The maximum Gasteiger partial charge on any atom is 0.159 e. The highest BCUT2D eigenvalue weighted by atomic mass is 32.1. The van der Waals surface area contributed by atoms with E-state index in [4.69, 9.17) is 4.42 Å². The van der Waals surface area contributed by atoms with Gasteiger partial charge in [-0.25, -0.2) is 0 Å². The first-order valence-corrected chi connectivity index (χ1v) is 19.1. The number of fused-ring (bicyclic) bond motifs is 9. The summed E-state index contributed by atoms with van der Waals surface area (Å²) in [6, 6.07) is 63.4. The highest BCUT2D eigenvalue weighted by Gasteiger charge is 2.22. The Hall–Kier alpha value is -6.20. The second kappa shape index (κ2) is 11.7. The van der Waals surface area contributed by atoms with Crippen molar-refractivity contribution < 1.29 is 4.42 Å². The van der Waals surface area contributed by atoms with Crippen LogP contribution in [0.5, 0.6) is 0 Å². The average molecular weight is 700 g/mol. The van der Waals surface area contributed by atoms with Crippen molar-refractivity contribution in [2.24, 2.45) is 0 Å². The van der Waals surface area contributed by atoms with Gasteiger partial charge in [0.25, 0.3) is 0 Å². The minimum Gasteiger partial charge on any atom is -0.453 e. The summed E-state index contributed by atoms with van der Waals surface area (Å²) < 4.78 is 12.3. The number of furan rings is 1. The zero-order valence-corrected chi connectivity index (χ0v) is 29.5. The van der Waals surface area contributed by atoms with Gasteiger partial charge in [0.2, 0.25) is 0 Å². The number of thiophene rings is 2. The van der Waals surface area contributed by atoms with E-state index in [-0.39, 0.29) is 0 Å². The lowest BCUT2D eigenvalue weighted by Crippen LogP contribution is -2.09. The fraction of sp³-hybridized carbons (Fsp3) is 0. The molecule has 0 unspecified atom stereocenters. The van der Waals surface area contributed by atoms with Gasteiger partial charge < -0.3 is 9.32 Å². The second-order valence-corrected chi connectivity index (χ2v) is 15.4. The van der Waals surface area contributed by atoms with Crippen LogP contribution in [0.25, 0.3) is 84.5 Å². The summed E-state index contributed by atoms with van der Waals surface area (Å²) in [5, 5.41) is 7.44. The molecule has 0 spiro atoms. The summed E-state index contributed by atoms with van der Waals surface area (Å²) in [4.78, 5) is 2.29. The molecular formula is C48H29NOS2. The van der Waals surface area contributed by atoms with Crippen molar-refractivity contribution in [2.75, 3.05) is 4.90 Å². The topological polar surface area (TPSA) is 16.4 Å². The van der Waals surface area contributed by atoms with Crippen LogP contribution in [0.3, 0.4) is 0 Å². The quantitative estimate of drug-likeness (QED) is 0.178. The Balaban J connectivity index is 1.07. The van der Waals surface area contributed by atoms with Crippen LogP contribution in [0.1, 0.15) is 0 Å². The molecule has 11 rings (SSSR count). The zero-order valence-electron chi connectivity index (χ0n) is 27.9. The Morgan fingerprint density at radius 3 is 1.67 bits per heavy atom. The van der Waals surface area contributed by atoms with E-state index >= 15 is 0 Å². The van der Waals surface area contributed by atoms with Gasteiger partial charge in [0, 0.05) is 68.1 Å². The van der Waals surface area contributed by atoms with Crippen molar-refractivity contribution in [3.8, 4) is 22.3 Å². The molecule has 0 atom stereocenters. The molecule has 4 heteroatoms. The first kappa shape index (κ1) is 29.5. The molecule has 0 bridgehead atoms. The molecule has 52 heavy (non-hydrogen) atoms. The molecule has 244 valence electrons. The fourth-order valence-corrected chi connectivity index (χ4v) is 10.2. The third-order valence-electron chi connectivity index (χ3n) is 10.3. The first-order chi connectivity index (χ1) is 25.8. The Labute approximate surface area is 308 Å². The zero-order chi connectivity index (χ0) is 34.2. The van der Waals surface area contributed by atoms with Gasteiger partial charge in [-0.3, -0.25) is 0 Å². The van der Waals surface area contributed by atoms with Crippen LogP contribution in [0, 0.1) is 0 Å². The molecule has 0 N–H and O–H groups in total. The standard InChI is InChI=1S/C48H29NOS2/c1-3-12-32(13-4-1)49(33-14-5-2-6-15-33)41-21-10-20-39-38-19-9-18-37(47(38)50-48(39)41)36-17-11-23-43-46(36)40-27-25-31(29-45(40)52-43)30-24-26-35-34-16-7-8-22-42(34)51-44(35)28-30/h1-29H. The summed E-state index contributed by atoms with van der Waals surface area (Å²) >= 11 is 3.73. The van der Waals surface area contributed by atoms with E-state index in [1.54, 1.807) is 0 Å². The van der Waals surface area contributed by atoms with Crippen molar-refractivity contribution in [2.45, 2.75) is 0 Å². The summed E-state index contributed by atoms with van der Waals surface area (Å²) in [5.74, 6) is 0. The predicted molar refractivity (Wildman–Crippen MR) is 225 cm³/mol. The fourth-order valence-electron chi connectivity index (χ4n) is 7.91. The first-order valence-electron chi connectivity index (χ1n) is 17.5. The van der Waals surface area contributed by atoms with Crippen molar-refractivity contribution >= 4 is 102 Å². The highest BCUT2D eigenvalue weighted by molar-refractivity contribution is 7.26. The minimum atomic E-state index is 0.875. The minimum absolute atomic E-state index is 0.875. The normalized spacial score (nSPS) is 11.8. The number of hydrogen-bond acceptors (Lipinski definition) is 4. The SMILES string of the molecule is c1ccc(N(c2ccccc2)c2cccc3c2oc2c(-c4cccc5sc6cc(-c7ccc8c(c7)sc7ccccc78)ccc6c45)cccc23)cc1. The van der Waals surface area contributed by atoms with E-state index in [0.29, 0.717) is 0 Å². The molecule has 11 aromatic rings. The average Bonchev–Trinajstić information content (AvgIpc) is 3.90. The van der Waals surface area contributed by atoms with Crippen molar-refractivity contribution in [3.63, 3.8) is 0 Å². The third kappa shape index (κ3) is 4.55. The summed E-state index contributed by atoms with van der Waals surface area (Å²) in [6.07, 6.45) is 0. The molecule has 8 aromatic carbocycles. The lowest BCUT2D eigenvalue weighted by atomic mass is 9.96. The Morgan fingerprint density at radius 1 is 0.365 bits per heavy atom. The molecule has 0 saturated carbocycles. The summed E-state index contributed by atoms with van der Waals surface area (Å²) in [7, 11) is 0. The van der Waals surface area contributed by atoms with E-state index < -0.39 is 0 Å². The number of anilines is 3. The number of benzene rings is 8. The van der Waals surface area contributed by atoms with Gasteiger partial charge in [-0.05, 0) is 71.3 Å². The number of hydrogen-bond donors (Lipinski definition) is 0. The smallest absolute Gasteiger partial charge is 0.159 e. The monoisotopic (exact) mass is 699 g/mol. The largest absolute Gasteiger partial charge is 0.453 e. The summed E-state index contributed by atoms with van der Waals surface area (Å²) in [6.45, 7) is 0. The molecule has 0 radical (unpaired) electrons. The second-order valence-electron chi connectivity index (χ2n) is 13.2. The lowest BCUT2D eigenvalue weighted by Gasteiger charge is -2.25. The van der Waals surface area contributed by atoms with E-state index in [1.165, 1.54) is 57.0 Å². The van der Waals surface area contributed by atoms with Gasteiger partial charge in [0.15, 0.2) is 5.58 Å². The van der Waals surface area contributed by atoms with Gasteiger partial charge >= 0.3 is 0 Å². The maximum absolute atomic E-state index is 7.03. The van der Waals surface area contributed by atoms with E-state index in [1.807, 2.05) is 22.7 Å². The molecule has 0 amide bonds. The molecular weight excluding hydrogens is 671 g/mol. The maximum atomic E-state index is 7.03. The van der Waals surface area contributed by atoms with Crippen molar-refractivity contribution in [1.29, 1.82) is 0 Å². The third-order valence-corrected chi connectivity index (χ3v) is 12.5. The van der Waals surface area contributed by atoms with Crippen LogP contribution < -0.4 is 4.90 Å². The molecule has 0 aliphatic carbocycles. The van der Waals surface area contributed by atoms with Gasteiger partial charge in [-0.15, -0.1) is 22.7 Å². The molecule has 0 fully saturated rings.